The van der Waals surface area contributed by atoms with Crippen LogP contribution in [0.25, 0.3) is 0 Å². The molecule has 0 saturated heterocycles. The van der Waals surface area contributed by atoms with Crippen molar-refractivity contribution in [3.8, 4) is 5.75 Å². The van der Waals surface area contributed by atoms with E-state index in [9.17, 15) is 0 Å². The van der Waals surface area contributed by atoms with Crippen molar-refractivity contribution in [1.82, 2.24) is 0 Å². The Balaban J connectivity index is 0.000000845. The first kappa shape index (κ1) is 13.0. The predicted octanol–water partition coefficient (Wildman–Crippen LogP) is 0.916. The SMILES string of the molecule is [B+2]c1ccccc1OCC1CC1.[OH-].[OH-]. The van der Waals surface area contributed by atoms with Gasteiger partial charge in [-0.05, 0) is 0 Å². The molecule has 0 amide bonds. The number of hydrogen-bond donors (Lipinski definition) is 0. The van der Waals surface area contributed by atoms with E-state index in [1.807, 2.05) is 24.3 Å². The Morgan fingerprint density at radius 1 is 1.21 bits per heavy atom. The van der Waals surface area contributed by atoms with Crippen LogP contribution in [0.1, 0.15) is 12.8 Å². The van der Waals surface area contributed by atoms with E-state index in [0.29, 0.717) is 0 Å². The van der Waals surface area contributed by atoms with Crippen LogP contribution in [0.2, 0.25) is 0 Å². The molecule has 0 spiro atoms. The summed E-state index contributed by atoms with van der Waals surface area (Å²) in [6, 6.07) is 7.64. The largest absolute Gasteiger partial charge is 0.870 e. The molecule has 2 rings (SSSR count). The van der Waals surface area contributed by atoms with Crippen molar-refractivity contribution in [2.24, 2.45) is 5.92 Å². The van der Waals surface area contributed by atoms with Crippen LogP contribution < -0.4 is 10.2 Å². The fourth-order valence-corrected chi connectivity index (χ4v) is 1.10. The maximum atomic E-state index is 5.70. The fraction of sp³-hybridized carbons (Fsp3) is 0.400. The van der Waals surface area contributed by atoms with E-state index in [4.69, 9.17) is 12.6 Å². The summed E-state index contributed by atoms with van der Waals surface area (Å²) in [7, 11) is 5.70. The van der Waals surface area contributed by atoms with Crippen LogP contribution in [0.3, 0.4) is 0 Å². The second kappa shape index (κ2) is 5.68. The number of hydrogen-bond acceptors (Lipinski definition) is 3. The molecule has 14 heavy (non-hydrogen) atoms. The molecule has 0 aromatic heterocycles. The second-order valence-electron chi connectivity index (χ2n) is 3.29. The Kier molecular flexibility index (Phi) is 5.27. The van der Waals surface area contributed by atoms with Crippen LogP contribution >= 0.6 is 0 Å². The molecular weight excluding hydrogens is 179 g/mol. The molecule has 1 saturated carbocycles. The monoisotopic (exact) mass is 192 g/mol. The first-order chi connectivity index (χ1) is 5.86. The molecule has 0 heterocycles. The predicted molar refractivity (Wildman–Crippen MR) is 53.9 cm³/mol. The van der Waals surface area contributed by atoms with Gasteiger partial charge in [-0.2, -0.15) is 0 Å². The van der Waals surface area contributed by atoms with E-state index in [-0.39, 0.29) is 11.0 Å². The normalized spacial score (nSPS) is 13.9. The van der Waals surface area contributed by atoms with Gasteiger partial charge in [0.25, 0.3) is 0 Å². The van der Waals surface area contributed by atoms with Crippen molar-refractivity contribution in [3.05, 3.63) is 24.3 Å². The molecular formula is C10H13BO3. The van der Waals surface area contributed by atoms with E-state index in [1.54, 1.807) is 0 Å². The first-order valence-corrected chi connectivity index (χ1v) is 4.33. The average molecular weight is 192 g/mol. The van der Waals surface area contributed by atoms with Gasteiger partial charge in [0.2, 0.25) is 0 Å². The number of ether oxygens (including phenoxy) is 1. The molecule has 0 atom stereocenters. The van der Waals surface area contributed by atoms with Crippen LogP contribution in [0.4, 0.5) is 0 Å². The van der Waals surface area contributed by atoms with E-state index in [2.05, 4.69) is 0 Å². The zero-order valence-corrected chi connectivity index (χ0v) is 7.89. The third-order valence-corrected chi connectivity index (χ3v) is 2.09. The summed E-state index contributed by atoms with van der Waals surface area (Å²) < 4.78 is 5.54. The van der Waals surface area contributed by atoms with Gasteiger partial charge in [-0.1, -0.05) is 0 Å². The second-order valence-corrected chi connectivity index (χ2v) is 3.29. The van der Waals surface area contributed by atoms with Gasteiger partial charge >= 0.3 is 73.4 Å². The molecule has 2 N–H and O–H groups in total. The first-order valence-electron chi connectivity index (χ1n) is 4.33. The van der Waals surface area contributed by atoms with Crippen molar-refractivity contribution >= 4 is 13.3 Å². The smallest absolute Gasteiger partial charge is 0.870 e. The molecule has 1 aromatic rings. The number of rotatable bonds is 3. The summed E-state index contributed by atoms with van der Waals surface area (Å²) in [6.45, 7) is 0.828. The minimum absolute atomic E-state index is 0. The topological polar surface area (TPSA) is 69.2 Å². The van der Waals surface area contributed by atoms with E-state index < -0.39 is 0 Å². The zero-order valence-electron chi connectivity index (χ0n) is 7.89. The molecule has 1 aliphatic carbocycles. The van der Waals surface area contributed by atoms with Crippen LogP contribution in [-0.4, -0.2) is 25.4 Å². The minimum Gasteiger partial charge on any atom is -0.870 e. The summed E-state index contributed by atoms with van der Waals surface area (Å²) in [5.74, 6) is 1.61. The van der Waals surface area contributed by atoms with Crippen molar-refractivity contribution in [1.29, 1.82) is 0 Å². The molecule has 1 aromatic carbocycles. The van der Waals surface area contributed by atoms with Gasteiger partial charge in [-0.3, -0.25) is 0 Å². The van der Waals surface area contributed by atoms with Crippen LogP contribution in [0, 0.1) is 5.92 Å². The van der Waals surface area contributed by atoms with E-state index in [0.717, 1.165) is 23.7 Å². The molecule has 0 radical (unpaired) electrons. The van der Waals surface area contributed by atoms with Crippen molar-refractivity contribution in [2.75, 3.05) is 6.61 Å². The standard InChI is InChI=1S/C10H11BO.2H2O/c11-9-3-1-2-4-10(9)12-7-8-5-6-8;;/h1-4,8H,5-7H2;2*1H2/q+2;;/p-2. The van der Waals surface area contributed by atoms with Gasteiger partial charge in [0, 0.05) is 0 Å². The molecule has 0 unspecified atom stereocenters. The molecule has 0 bridgehead atoms. The molecule has 1 aliphatic rings. The fourth-order valence-electron chi connectivity index (χ4n) is 1.10. The minimum atomic E-state index is 0. The summed E-state index contributed by atoms with van der Waals surface area (Å²) in [5.41, 5.74) is 0.734. The number of para-hydroxylation sites is 1. The molecule has 4 heteroatoms. The van der Waals surface area contributed by atoms with Gasteiger partial charge in [-0.25, -0.2) is 0 Å². The molecule has 74 valence electrons. The van der Waals surface area contributed by atoms with E-state index >= 15 is 0 Å². The Bertz CT molecular complexity index is 274. The summed E-state index contributed by atoms with van der Waals surface area (Å²) in [4.78, 5) is 0. The summed E-state index contributed by atoms with van der Waals surface area (Å²) in [5, 5.41) is 0. The Morgan fingerprint density at radius 2 is 1.86 bits per heavy atom. The summed E-state index contributed by atoms with van der Waals surface area (Å²) >= 11 is 0. The van der Waals surface area contributed by atoms with E-state index in [1.165, 1.54) is 12.8 Å². The summed E-state index contributed by atoms with van der Waals surface area (Å²) in [6.07, 6.45) is 2.62. The van der Waals surface area contributed by atoms with Crippen molar-refractivity contribution < 1.29 is 15.7 Å². The Morgan fingerprint density at radius 3 is 2.43 bits per heavy atom. The van der Waals surface area contributed by atoms with Crippen LogP contribution in [0.15, 0.2) is 24.3 Å². The Hall–Kier alpha value is -0.995. The maximum Gasteiger partial charge on any atom is -0.870 e. The van der Waals surface area contributed by atoms with Crippen LogP contribution in [0.5, 0.6) is 5.75 Å². The van der Waals surface area contributed by atoms with Gasteiger partial charge in [0.15, 0.2) is 0 Å². The van der Waals surface area contributed by atoms with Gasteiger partial charge in [0.1, 0.15) is 0 Å². The van der Waals surface area contributed by atoms with Crippen molar-refractivity contribution in [2.45, 2.75) is 12.8 Å². The third-order valence-electron chi connectivity index (χ3n) is 2.09. The quantitative estimate of drug-likeness (QED) is 0.668. The van der Waals surface area contributed by atoms with Gasteiger partial charge < -0.3 is 11.0 Å². The van der Waals surface area contributed by atoms with Gasteiger partial charge in [0.05, 0.1) is 0 Å². The average Bonchev–Trinajstić information content (AvgIpc) is 2.86. The molecule has 0 aliphatic heterocycles. The third kappa shape index (κ3) is 3.40. The van der Waals surface area contributed by atoms with Crippen molar-refractivity contribution in [3.63, 3.8) is 0 Å². The molecule has 3 nitrogen and oxygen atoms in total. The maximum absolute atomic E-state index is 5.70. The Labute approximate surface area is 85.1 Å². The van der Waals surface area contributed by atoms with Crippen LogP contribution in [-0.2, 0) is 0 Å². The molecule has 1 fully saturated rings. The van der Waals surface area contributed by atoms with Gasteiger partial charge in [-0.15, -0.1) is 0 Å². The zero-order chi connectivity index (χ0) is 8.39. The number of benzene rings is 1.